The van der Waals surface area contributed by atoms with Gasteiger partial charge in [0.2, 0.25) is 5.71 Å². The van der Waals surface area contributed by atoms with E-state index in [0.29, 0.717) is 0 Å². The first-order valence-corrected chi connectivity index (χ1v) is 4.38. The van der Waals surface area contributed by atoms with Gasteiger partial charge in [0.25, 0.3) is 5.69 Å². The first-order valence-electron chi connectivity index (χ1n) is 4.38. The van der Waals surface area contributed by atoms with E-state index in [1.165, 1.54) is 18.2 Å². The lowest BCUT2D eigenvalue weighted by Gasteiger charge is -2.01. The highest BCUT2D eigenvalue weighted by molar-refractivity contribution is 6.45. The minimum absolute atomic E-state index is 0.117. The molecule has 0 amide bonds. The number of benzene rings is 1. The van der Waals surface area contributed by atoms with E-state index in [-0.39, 0.29) is 17.1 Å². The number of hydrogen-bond acceptors (Lipinski definition) is 6. The van der Waals surface area contributed by atoms with Crippen LogP contribution in [-0.2, 0) is 0 Å². The number of hydrogen-bond donors (Lipinski definition) is 3. The number of rotatable bonds is 4. The molecule has 0 bridgehead atoms. The SMILES string of the molecule is N#C/C(=N\Nc1ccccc1[N+](=O)[O-])C(=N)N. The lowest BCUT2D eigenvalue weighted by Crippen LogP contribution is -2.21. The molecule has 0 saturated heterocycles. The Hall–Kier alpha value is -2.95. The fourth-order valence-electron chi connectivity index (χ4n) is 0.989. The van der Waals surface area contributed by atoms with Crippen molar-refractivity contribution < 1.29 is 4.92 Å². The van der Waals surface area contributed by atoms with E-state index >= 15 is 0 Å². The Labute approximate surface area is 96.0 Å². The molecule has 0 aromatic heterocycles. The van der Waals surface area contributed by atoms with E-state index in [2.05, 4.69) is 10.5 Å². The number of nitrogens with two attached hydrogens (primary N) is 1. The number of nitro benzene ring substituents is 1. The van der Waals surface area contributed by atoms with Crippen LogP contribution in [0.3, 0.4) is 0 Å². The Morgan fingerprint density at radius 1 is 1.59 bits per heavy atom. The Balaban J connectivity index is 3.01. The zero-order valence-corrected chi connectivity index (χ0v) is 8.54. The summed E-state index contributed by atoms with van der Waals surface area (Å²) in [5.74, 6) is -0.515. The molecule has 4 N–H and O–H groups in total. The molecule has 0 spiro atoms. The zero-order chi connectivity index (χ0) is 12.8. The van der Waals surface area contributed by atoms with Gasteiger partial charge in [-0.15, -0.1) is 0 Å². The first-order chi connectivity index (χ1) is 8.06. The van der Waals surface area contributed by atoms with Crippen LogP contribution in [0.5, 0.6) is 0 Å². The van der Waals surface area contributed by atoms with Crippen LogP contribution in [0, 0.1) is 26.9 Å². The molecule has 0 radical (unpaired) electrons. The molecule has 0 fully saturated rings. The van der Waals surface area contributed by atoms with Crippen molar-refractivity contribution in [2.24, 2.45) is 10.8 Å². The van der Waals surface area contributed by atoms with Crippen LogP contribution >= 0.6 is 0 Å². The van der Waals surface area contributed by atoms with Crippen molar-refractivity contribution >= 4 is 22.9 Å². The lowest BCUT2D eigenvalue weighted by atomic mass is 10.3. The van der Waals surface area contributed by atoms with E-state index in [1.807, 2.05) is 0 Å². The molecule has 1 aromatic carbocycles. The van der Waals surface area contributed by atoms with Crippen molar-refractivity contribution in [2.45, 2.75) is 0 Å². The summed E-state index contributed by atoms with van der Waals surface area (Å²) in [6, 6.07) is 7.38. The minimum Gasteiger partial charge on any atom is -0.382 e. The van der Waals surface area contributed by atoms with Gasteiger partial charge in [-0.1, -0.05) is 12.1 Å². The maximum atomic E-state index is 10.7. The number of para-hydroxylation sites is 2. The van der Waals surface area contributed by atoms with Gasteiger partial charge in [0, 0.05) is 6.07 Å². The second kappa shape index (κ2) is 5.22. The van der Waals surface area contributed by atoms with Crippen LogP contribution in [0.25, 0.3) is 0 Å². The van der Waals surface area contributed by atoms with Crippen LogP contribution in [0.1, 0.15) is 0 Å². The molecule has 0 aliphatic rings. The van der Waals surface area contributed by atoms with E-state index in [1.54, 1.807) is 12.1 Å². The minimum atomic E-state index is -0.586. The fourth-order valence-corrected chi connectivity index (χ4v) is 0.989. The molecule has 0 aliphatic carbocycles. The number of nitriles is 1. The van der Waals surface area contributed by atoms with Gasteiger partial charge >= 0.3 is 0 Å². The van der Waals surface area contributed by atoms with Crippen LogP contribution in [-0.4, -0.2) is 16.5 Å². The average molecular weight is 232 g/mol. The van der Waals surface area contributed by atoms with E-state index in [9.17, 15) is 10.1 Å². The van der Waals surface area contributed by atoms with Crippen molar-refractivity contribution in [3.8, 4) is 6.07 Å². The Bertz CT molecular complexity index is 531. The van der Waals surface area contributed by atoms with Crippen LogP contribution in [0.4, 0.5) is 11.4 Å². The highest BCUT2D eigenvalue weighted by atomic mass is 16.6. The third kappa shape index (κ3) is 3.00. The average Bonchev–Trinajstić information content (AvgIpc) is 2.29. The van der Waals surface area contributed by atoms with Gasteiger partial charge < -0.3 is 5.73 Å². The van der Waals surface area contributed by atoms with Crippen LogP contribution < -0.4 is 11.2 Å². The third-order valence-electron chi connectivity index (χ3n) is 1.75. The summed E-state index contributed by atoms with van der Waals surface area (Å²) in [6.07, 6.45) is 0. The van der Waals surface area contributed by atoms with Gasteiger partial charge in [0.05, 0.1) is 4.92 Å². The zero-order valence-electron chi connectivity index (χ0n) is 8.54. The number of hydrazone groups is 1. The van der Waals surface area contributed by atoms with E-state index in [0.717, 1.165) is 0 Å². The third-order valence-corrected chi connectivity index (χ3v) is 1.75. The van der Waals surface area contributed by atoms with E-state index in [4.69, 9.17) is 16.4 Å². The summed E-state index contributed by atoms with van der Waals surface area (Å²) in [7, 11) is 0. The molecular weight excluding hydrogens is 224 g/mol. The number of nitrogens with one attached hydrogen (secondary N) is 2. The highest BCUT2D eigenvalue weighted by Crippen LogP contribution is 2.22. The largest absolute Gasteiger partial charge is 0.382 e. The molecule has 8 heteroatoms. The topological polar surface area (TPSA) is 141 Å². The van der Waals surface area contributed by atoms with Gasteiger partial charge in [-0.3, -0.25) is 20.9 Å². The standard InChI is InChI=1S/C9H8N6O2/c10-5-7(9(11)12)14-13-6-3-1-2-4-8(6)15(16)17/h1-4,13H,(H3,11,12)/b14-7+. The van der Waals surface area contributed by atoms with Gasteiger partial charge in [0.15, 0.2) is 5.84 Å². The van der Waals surface area contributed by atoms with Crippen molar-refractivity contribution in [2.75, 3.05) is 5.43 Å². The maximum Gasteiger partial charge on any atom is 0.294 e. The van der Waals surface area contributed by atoms with Crippen molar-refractivity contribution in [3.63, 3.8) is 0 Å². The van der Waals surface area contributed by atoms with Gasteiger partial charge in [0.1, 0.15) is 11.8 Å². The number of nitrogens with zero attached hydrogens (tertiary/aromatic N) is 3. The van der Waals surface area contributed by atoms with Crippen molar-refractivity contribution in [1.29, 1.82) is 10.7 Å². The molecule has 1 aromatic rings. The number of amidine groups is 1. The first kappa shape index (κ1) is 12.1. The van der Waals surface area contributed by atoms with E-state index < -0.39 is 10.8 Å². The molecule has 0 unspecified atom stereocenters. The van der Waals surface area contributed by atoms with Crippen LogP contribution in [0.2, 0.25) is 0 Å². The van der Waals surface area contributed by atoms with Gasteiger partial charge in [-0.25, -0.2) is 0 Å². The molecule has 0 atom stereocenters. The van der Waals surface area contributed by atoms with Gasteiger partial charge in [-0.05, 0) is 6.07 Å². The molecule has 17 heavy (non-hydrogen) atoms. The second-order valence-corrected chi connectivity index (χ2v) is 2.87. The fraction of sp³-hybridized carbons (Fsp3) is 0. The molecule has 1 rings (SSSR count). The summed E-state index contributed by atoms with van der Waals surface area (Å²) in [6.45, 7) is 0. The number of anilines is 1. The Morgan fingerprint density at radius 3 is 2.76 bits per heavy atom. The van der Waals surface area contributed by atoms with Crippen LogP contribution in [0.15, 0.2) is 29.4 Å². The summed E-state index contributed by atoms with van der Waals surface area (Å²) in [4.78, 5) is 10.1. The Morgan fingerprint density at radius 2 is 2.24 bits per heavy atom. The normalized spacial score (nSPS) is 10.4. The quantitative estimate of drug-likeness (QED) is 0.305. The second-order valence-electron chi connectivity index (χ2n) is 2.87. The highest BCUT2D eigenvalue weighted by Gasteiger charge is 2.12. The predicted molar refractivity (Wildman–Crippen MR) is 61.7 cm³/mol. The van der Waals surface area contributed by atoms with Gasteiger partial charge in [-0.2, -0.15) is 10.4 Å². The van der Waals surface area contributed by atoms with Crippen molar-refractivity contribution in [3.05, 3.63) is 34.4 Å². The Kier molecular flexibility index (Phi) is 3.72. The molecule has 0 heterocycles. The predicted octanol–water partition coefficient (Wildman–Crippen LogP) is 0.822. The summed E-state index contributed by atoms with van der Waals surface area (Å²) in [5.41, 5.74) is 6.98. The molecular formula is C9H8N6O2. The maximum absolute atomic E-state index is 10.7. The molecule has 0 aliphatic heterocycles. The van der Waals surface area contributed by atoms with Crippen molar-refractivity contribution in [1.82, 2.24) is 0 Å². The summed E-state index contributed by atoms with van der Waals surface area (Å²) < 4.78 is 0. The molecule has 0 saturated carbocycles. The smallest absolute Gasteiger partial charge is 0.294 e. The molecule has 8 nitrogen and oxygen atoms in total. The monoisotopic (exact) mass is 232 g/mol. The lowest BCUT2D eigenvalue weighted by molar-refractivity contribution is -0.384. The summed E-state index contributed by atoms with van der Waals surface area (Å²) >= 11 is 0. The summed E-state index contributed by atoms with van der Waals surface area (Å²) in [5, 5.41) is 29.7. The molecule has 86 valence electrons. The number of nitro groups is 1.